The number of hydrogen-bond acceptors (Lipinski definition) is 4. The van der Waals surface area contributed by atoms with Crippen molar-refractivity contribution in [1.29, 1.82) is 0 Å². The highest BCUT2D eigenvalue weighted by molar-refractivity contribution is 7.92. The predicted octanol–water partition coefficient (Wildman–Crippen LogP) is 4.76. The number of nitrogens with one attached hydrogen (secondary N) is 1. The van der Waals surface area contributed by atoms with E-state index in [2.05, 4.69) is 19.2 Å². The fraction of sp³-hybridized carbons (Fsp3) is 0.480. The van der Waals surface area contributed by atoms with Crippen molar-refractivity contribution in [3.8, 4) is 5.75 Å². The van der Waals surface area contributed by atoms with Gasteiger partial charge >= 0.3 is 0 Å². The topological polar surface area (TPSA) is 75.7 Å². The summed E-state index contributed by atoms with van der Waals surface area (Å²) in [6, 6.07) is 13.3. The molecule has 0 spiro atoms. The molecular formula is C25H36N2O4S. The number of anilines is 1. The summed E-state index contributed by atoms with van der Waals surface area (Å²) in [5.41, 5.74) is 3.67. The van der Waals surface area contributed by atoms with Gasteiger partial charge in [-0.25, -0.2) is 8.42 Å². The molecule has 0 fully saturated rings. The summed E-state index contributed by atoms with van der Waals surface area (Å²) in [4.78, 5) is 12.7. The Morgan fingerprint density at radius 2 is 1.66 bits per heavy atom. The molecule has 176 valence electrons. The third-order valence-corrected chi connectivity index (χ3v) is 6.41. The molecule has 1 amide bonds. The Balaban J connectivity index is 2.04. The minimum atomic E-state index is -3.45. The van der Waals surface area contributed by atoms with E-state index in [-0.39, 0.29) is 24.9 Å². The Morgan fingerprint density at radius 3 is 2.16 bits per heavy atom. The maximum absolute atomic E-state index is 12.7. The summed E-state index contributed by atoms with van der Waals surface area (Å²) in [7, 11) is -1.82. The molecule has 1 N–H and O–H groups in total. The van der Waals surface area contributed by atoms with Gasteiger partial charge in [0, 0.05) is 13.0 Å². The zero-order chi connectivity index (χ0) is 23.9. The van der Waals surface area contributed by atoms with Crippen LogP contribution in [0.15, 0.2) is 42.5 Å². The molecule has 0 saturated carbocycles. The van der Waals surface area contributed by atoms with E-state index >= 15 is 0 Å². The fourth-order valence-electron chi connectivity index (χ4n) is 3.82. The van der Waals surface area contributed by atoms with E-state index in [1.165, 1.54) is 10.6 Å². The zero-order valence-corrected chi connectivity index (χ0v) is 20.8. The van der Waals surface area contributed by atoms with Gasteiger partial charge in [0.15, 0.2) is 0 Å². The standard InChI is InChI=1S/C25H36N2O4S/c1-18(2)14-24(21-9-11-23(31-5)12-10-21)26-25(28)8-7-13-27(32(6,29)30)22-16-19(3)15-20(4)17-22/h9-12,15-18,24H,7-8,13-14H2,1-6H3,(H,26,28). The first-order chi connectivity index (χ1) is 15.0. The lowest BCUT2D eigenvalue weighted by Crippen LogP contribution is -2.33. The van der Waals surface area contributed by atoms with Gasteiger partial charge < -0.3 is 10.1 Å². The van der Waals surface area contributed by atoms with E-state index in [1.807, 2.05) is 56.3 Å². The van der Waals surface area contributed by atoms with E-state index in [4.69, 9.17) is 4.74 Å². The molecule has 2 aromatic carbocycles. The molecule has 6 nitrogen and oxygen atoms in total. The molecule has 0 radical (unpaired) electrons. The SMILES string of the molecule is COc1ccc(C(CC(C)C)NC(=O)CCCN(c2cc(C)cc(C)c2)S(C)(=O)=O)cc1. The van der Waals surface area contributed by atoms with Crippen molar-refractivity contribution in [1.82, 2.24) is 5.32 Å². The second kappa shape index (κ2) is 11.4. The lowest BCUT2D eigenvalue weighted by atomic mass is 9.96. The number of nitrogens with zero attached hydrogens (tertiary/aromatic N) is 1. The third kappa shape index (κ3) is 7.86. The maximum Gasteiger partial charge on any atom is 0.232 e. The fourth-order valence-corrected chi connectivity index (χ4v) is 4.77. The van der Waals surface area contributed by atoms with Crippen LogP contribution in [0.2, 0.25) is 0 Å². The molecule has 1 unspecified atom stereocenters. The molecule has 0 saturated heterocycles. The number of methoxy groups -OCH3 is 1. The minimum absolute atomic E-state index is 0.0830. The summed E-state index contributed by atoms with van der Waals surface area (Å²) in [6.07, 6.45) is 2.70. The van der Waals surface area contributed by atoms with Crippen molar-refractivity contribution >= 4 is 21.6 Å². The number of aryl methyl sites for hydroxylation is 2. The average Bonchev–Trinajstić information content (AvgIpc) is 2.68. The smallest absolute Gasteiger partial charge is 0.232 e. The van der Waals surface area contributed by atoms with Crippen LogP contribution in [0, 0.1) is 19.8 Å². The average molecular weight is 461 g/mol. The van der Waals surface area contributed by atoms with Crippen LogP contribution >= 0.6 is 0 Å². The van der Waals surface area contributed by atoms with Crippen molar-refractivity contribution in [2.24, 2.45) is 5.92 Å². The number of carbonyl (C=O) groups excluding carboxylic acids is 1. The van der Waals surface area contributed by atoms with Gasteiger partial charge in [-0.05, 0) is 73.6 Å². The van der Waals surface area contributed by atoms with Crippen LogP contribution in [0.4, 0.5) is 5.69 Å². The number of hydrogen-bond donors (Lipinski definition) is 1. The van der Waals surface area contributed by atoms with Gasteiger partial charge in [0.25, 0.3) is 0 Å². The van der Waals surface area contributed by atoms with Crippen LogP contribution in [-0.4, -0.2) is 34.2 Å². The number of benzene rings is 2. The molecule has 2 rings (SSSR count). The number of amides is 1. The van der Waals surface area contributed by atoms with E-state index in [0.717, 1.165) is 28.9 Å². The monoisotopic (exact) mass is 460 g/mol. The van der Waals surface area contributed by atoms with Gasteiger partial charge in [-0.15, -0.1) is 0 Å². The van der Waals surface area contributed by atoms with E-state index < -0.39 is 10.0 Å². The Hall–Kier alpha value is -2.54. The lowest BCUT2D eigenvalue weighted by Gasteiger charge is -2.24. The van der Waals surface area contributed by atoms with Crippen LogP contribution in [0.1, 0.15) is 55.8 Å². The molecule has 1 atom stereocenters. The first-order valence-corrected chi connectivity index (χ1v) is 12.8. The highest BCUT2D eigenvalue weighted by Crippen LogP contribution is 2.25. The molecule has 0 aromatic heterocycles. The van der Waals surface area contributed by atoms with Gasteiger partial charge in [0.1, 0.15) is 5.75 Å². The van der Waals surface area contributed by atoms with E-state index in [9.17, 15) is 13.2 Å². The van der Waals surface area contributed by atoms with Gasteiger partial charge in [-0.3, -0.25) is 9.10 Å². The van der Waals surface area contributed by atoms with Crippen LogP contribution in [0.25, 0.3) is 0 Å². The lowest BCUT2D eigenvalue weighted by molar-refractivity contribution is -0.122. The molecule has 0 aliphatic carbocycles. The zero-order valence-electron chi connectivity index (χ0n) is 20.0. The third-order valence-electron chi connectivity index (χ3n) is 5.22. The van der Waals surface area contributed by atoms with Gasteiger partial charge in [-0.2, -0.15) is 0 Å². The summed E-state index contributed by atoms with van der Waals surface area (Å²) in [6.45, 7) is 8.39. The van der Waals surface area contributed by atoms with Crippen molar-refractivity contribution < 1.29 is 17.9 Å². The van der Waals surface area contributed by atoms with Gasteiger partial charge in [-0.1, -0.05) is 32.0 Å². The number of ether oxygens (including phenoxy) is 1. The molecule has 2 aromatic rings. The number of sulfonamides is 1. The largest absolute Gasteiger partial charge is 0.497 e. The maximum atomic E-state index is 12.7. The predicted molar refractivity (Wildman–Crippen MR) is 131 cm³/mol. The summed E-state index contributed by atoms with van der Waals surface area (Å²) in [5.74, 6) is 1.10. The molecule has 0 aliphatic heterocycles. The normalized spacial score (nSPS) is 12.5. The van der Waals surface area contributed by atoms with Crippen molar-refractivity contribution in [2.45, 2.75) is 53.0 Å². The van der Waals surface area contributed by atoms with Crippen LogP contribution < -0.4 is 14.4 Å². The van der Waals surface area contributed by atoms with Gasteiger partial charge in [0.2, 0.25) is 15.9 Å². The highest BCUT2D eigenvalue weighted by Gasteiger charge is 2.20. The second-order valence-corrected chi connectivity index (χ2v) is 10.7. The van der Waals surface area contributed by atoms with Crippen molar-refractivity contribution in [3.05, 3.63) is 59.2 Å². The first-order valence-electron chi connectivity index (χ1n) is 11.0. The van der Waals surface area contributed by atoms with Gasteiger partial charge in [0.05, 0.1) is 25.1 Å². The van der Waals surface area contributed by atoms with Crippen LogP contribution in [0.5, 0.6) is 5.75 Å². The van der Waals surface area contributed by atoms with Crippen molar-refractivity contribution in [3.63, 3.8) is 0 Å². The van der Waals surface area contributed by atoms with Crippen molar-refractivity contribution in [2.75, 3.05) is 24.2 Å². The number of rotatable bonds is 11. The summed E-state index contributed by atoms with van der Waals surface area (Å²) in [5, 5.41) is 3.12. The molecule has 7 heteroatoms. The molecule has 0 bridgehead atoms. The van der Waals surface area contributed by atoms with E-state index in [0.29, 0.717) is 18.0 Å². The highest BCUT2D eigenvalue weighted by atomic mass is 32.2. The quantitative estimate of drug-likeness (QED) is 0.524. The van der Waals surface area contributed by atoms with Crippen LogP contribution in [0.3, 0.4) is 0 Å². The Kier molecular flexibility index (Phi) is 9.13. The molecular weight excluding hydrogens is 424 g/mol. The molecule has 32 heavy (non-hydrogen) atoms. The molecule has 0 aliphatic rings. The minimum Gasteiger partial charge on any atom is -0.497 e. The van der Waals surface area contributed by atoms with Crippen LogP contribution in [-0.2, 0) is 14.8 Å². The summed E-state index contributed by atoms with van der Waals surface area (Å²) < 4.78 is 31.4. The first kappa shape index (κ1) is 25.7. The Labute approximate surface area is 193 Å². The Bertz CT molecular complexity index is 981. The number of carbonyl (C=O) groups is 1. The Morgan fingerprint density at radius 1 is 1.06 bits per heavy atom. The molecule has 0 heterocycles. The second-order valence-electron chi connectivity index (χ2n) is 8.81. The van der Waals surface area contributed by atoms with E-state index in [1.54, 1.807) is 7.11 Å². The summed E-state index contributed by atoms with van der Waals surface area (Å²) >= 11 is 0.